The standard InChI is InChI=1S/C47H93NO6S/c1-3-5-7-9-11-13-15-17-19-21-23-25-27-29-31-33-35-37-39-41-45(49)44(43-55(52,53)54)48-47(51)46(50)42-40-38-36-34-32-30-28-26-24-22-20-18-16-14-12-10-8-6-4-2/h39,41,44-46,49-50H,3-38,40,42-43H2,1-2H3,(H,48,51)(H,52,53,54)/b41-39+. The van der Waals surface area contributed by atoms with E-state index in [1.165, 1.54) is 199 Å². The normalized spacial score (nSPS) is 13.8. The second-order valence-corrected chi connectivity index (χ2v) is 18.4. The highest BCUT2D eigenvalue weighted by Crippen LogP contribution is 2.17. The number of nitrogens with one attached hydrogen (secondary N) is 1. The summed E-state index contributed by atoms with van der Waals surface area (Å²) in [4.78, 5) is 12.6. The van der Waals surface area contributed by atoms with Crippen molar-refractivity contribution >= 4 is 16.0 Å². The van der Waals surface area contributed by atoms with Crippen molar-refractivity contribution in [2.75, 3.05) is 5.75 Å². The van der Waals surface area contributed by atoms with Crippen LogP contribution in [0, 0.1) is 0 Å². The summed E-state index contributed by atoms with van der Waals surface area (Å²) in [5.74, 6) is -1.52. The van der Waals surface area contributed by atoms with Gasteiger partial charge in [-0.05, 0) is 19.3 Å². The van der Waals surface area contributed by atoms with Gasteiger partial charge in [-0.2, -0.15) is 8.42 Å². The first-order valence-corrected chi connectivity index (χ1v) is 25.6. The third kappa shape index (κ3) is 41.0. The van der Waals surface area contributed by atoms with Crippen LogP contribution in [0.2, 0.25) is 0 Å². The molecule has 0 rings (SSSR count). The SMILES string of the molecule is CCCCCCCCCCCCCCCCCCC/C=C/C(O)C(CS(=O)(=O)O)NC(=O)C(O)CCCCCCCCCCCCCCCCCCCCC. The zero-order valence-corrected chi connectivity index (χ0v) is 37.3. The van der Waals surface area contributed by atoms with Crippen molar-refractivity contribution in [2.24, 2.45) is 0 Å². The Kier molecular flexibility index (Phi) is 40.5. The second-order valence-electron chi connectivity index (χ2n) is 16.9. The third-order valence-corrected chi connectivity index (χ3v) is 12.1. The molecule has 0 aromatic rings. The van der Waals surface area contributed by atoms with E-state index in [1.54, 1.807) is 0 Å². The van der Waals surface area contributed by atoms with Gasteiger partial charge in [0, 0.05) is 0 Å². The van der Waals surface area contributed by atoms with E-state index in [0.29, 0.717) is 6.42 Å². The Labute approximate surface area is 342 Å². The van der Waals surface area contributed by atoms with Gasteiger partial charge in [0.05, 0.1) is 17.9 Å². The van der Waals surface area contributed by atoms with Crippen LogP contribution < -0.4 is 5.32 Å². The van der Waals surface area contributed by atoms with E-state index in [1.807, 2.05) is 6.08 Å². The molecule has 3 atom stereocenters. The van der Waals surface area contributed by atoms with Crippen LogP contribution in [0.3, 0.4) is 0 Å². The topological polar surface area (TPSA) is 124 Å². The molecule has 7 nitrogen and oxygen atoms in total. The molecule has 0 aromatic heterocycles. The van der Waals surface area contributed by atoms with Gasteiger partial charge >= 0.3 is 0 Å². The van der Waals surface area contributed by atoms with Crippen molar-refractivity contribution in [2.45, 2.75) is 276 Å². The van der Waals surface area contributed by atoms with Gasteiger partial charge in [-0.25, -0.2) is 0 Å². The van der Waals surface area contributed by atoms with Gasteiger partial charge in [0.2, 0.25) is 5.91 Å². The number of carbonyl (C=O) groups is 1. The summed E-state index contributed by atoms with van der Waals surface area (Å²) in [7, 11) is -4.44. The van der Waals surface area contributed by atoms with Crippen LogP contribution in [0.5, 0.6) is 0 Å². The Morgan fingerprint density at radius 2 is 0.782 bits per heavy atom. The minimum Gasteiger partial charge on any atom is -0.387 e. The molecule has 0 spiro atoms. The fourth-order valence-electron chi connectivity index (χ4n) is 7.64. The summed E-state index contributed by atoms with van der Waals surface area (Å²) in [6.07, 6.45) is 48.4. The van der Waals surface area contributed by atoms with Crippen LogP contribution >= 0.6 is 0 Å². The zero-order chi connectivity index (χ0) is 40.5. The first-order valence-electron chi connectivity index (χ1n) is 24.0. The highest BCUT2D eigenvalue weighted by Gasteiger charge is 2.27. The van der Waals surface area contributed by atoms with Crippen molar-refractivity contribution in [3.63, 3.8) is 0 Å². The summed E-state index contributed by atoms with van der Waals surface area (Å²) in [5, 5.41) is 23.5. The lowest BCUT2D eigenvalue weighted by Gasteiger charge is -2.22. The largest absolute Gasteiger partial charge is 0.387 e. The molecule has 0 aliphatic rings. The molecular weight excluding hydrogens is 707 g/mol. The van der Waals surface area contributed by atoms with Gasteiger partial charge in [0.15, 0.2) is 0 Å². The average Bonchev–Trinajstić information content (AvgIpc) is 3.15. The second kappa shape index (κ2) is 41.2. The predicted octanol–water partition coefficient (Wildman–Crippen LogP) is 13.5. The average molecular weight is 800 g/mol. The molecule has 0 radical (unpaired) electrons. The number of hydrogen-bond donors (Lipinski definition) is 4. The van der Waals surface area contributed by atoms with E-state index in [-0.39, 0.29) is 6.42 Å². The fourth-order valence-corrected chi connectivity index (χ4v) is 8.37. The van der Waals surface area contributed by atoms with Crippen molar-refractivity contribution in [1.29, 1.82) is 0 Å². The molecule has 3 unspecified atom stereocenters. The summed E-state index contributed by atoms with van der Waals surface area (Å²) >= 11 is 0. The van der Waals surface area contributed by atoms with Crippen LogP contribution in [0.1, 0.15) is 258 Å². The number of unbranched alkanes of at least 4 members (excludes halogenated alkanes) is 35. The van der Waals surface area contributed by atoms with E-state index >= 15 is 0 Å². The first kappa shape index (κ1) is 54.0. The van der Waals surface area contributed by atoms with Gasteiger partial charge in [0.25, 0.3) is 10.1 Å². The summed E-state index contributed by atoms with van der Waals surface area (Å²) in [6, 6.07) is -1.23. The number of aliphatic hydroxyl groups excluding tert-OH is 2. The molecule has 0 aliphatic heterocycles. The number of allylic oxidation sites excluding steroid dienone is 1. The number of carbonyl (C=O) groups excluding carboxylic acids is 1. The van der Waals surface area contributed by atoms with E-state index in [2.05, 4.69) is 19.2 Å². The van der Waals surface area contributed by atoms with Gasteiger partial charge in [-0.15, -0.1) is 0 Å². The Hall–Kier alpha value is -0.960. The first-order chi connectivity index (χ1) is 26.7. The number of aliphatic hydroxyl groups is 2. The van der Waals surface area contributed by atoms with E-state index in [4.69, 9.17) is 0 Å². The molecule has 0 aromatic carbocycles. The summed E-state index contributed by atoms with van der Waals surface area (Å²) < 4.78 is 32.7. The molecule has 1 amide bonds. The van der Waals surface area contributed by atoms with Crippen molar-refractivity contribution < 1.29 is 28.0 Å². The maximum absolute atomic E-state index is 12.6. The molecule has 0 aliphatic carbocycles. The molecule has 4 N–H and O–H groups in total. The summed E-state index contributed by atoms with van der Waals surface area (Å²) in [6.45, 7) is 4.54. The van der Waals surface area contributed by atoms with Crippen LogP contribution in [-0.2, 0) is 14.9 Å². The number of rotatable bonds is 44. The fraction of sp³-hybridized carbons (Fsp3) is 0.936. The molecule has 328 valence electrons. The predicted molar refractivity (Wildman–Crippen MR) is 236 cm³/mol. The van der Waals surface area contributed by atoms with Crippen LogP contribution in [0.25, 0.3) is 0 Å². The maximum Gasteiger partial charge on any atom is 0.267 e. The van der Waals surface area contributed by atoms with Crippen molar-refractivity contribution in [1.82, 2.24) is 5.32 Å². The van der Waals surface area contributed by atoms with Gasteiger partial charge in [-0.3, -0.25) is 9.35 Å². The Morgan fingerprint density at radius 3 is 1.09 bits per heavy atom. The van der Waals surface area contributed by atoms with E-state index in [9.17, 15) is 28.0 Å². The summed E-state index contributed by atoms with van der Waals surface area (Å²) in [5.41, 5.74) is 0. The highest BCUT2D eigenvalue weighted by molar-refractivity contribution is 7.85. The van der Waals surface area contributed by atoms with E-state index < -0.39 is 40.0 Å². The highest BCUT2D eigenvalue weighted by atomic mass is 32.2. The van der Waals surface area contributed by atoms with Gasteiger partial charge in [0.1, 0.15) is 6.10 Å². The Bertz CT molecular complexity index is 942. The lowest BCUT2D eigenvalue weighted by Crippen LogP contribution is -2.50. The van der Waals surface area contributed by atoms with Gasteiger partial charge in [-0.1, -0.05) is 251 Å². The van der Waals surface area contributed by atoms with Crippen LogP contribution in [0.4, 0.5) is 0 Å². The molecule has 55 heavy (non-hydrogen) atoms. The molecule has 0 saturated carbocycles. The number of hydrogen-bond acceptors (Lipinski definition) is 5. The maximum atomic E-state index is 12.6. The lowest BCUT2D eigenvalue weighted by atomic mass is 10.0. The van der Waals surface area contributed by atoms with Crippen LogP contribution in [-0.4, -0.2) is 53.1 Å². The quantitative estimate of drug-likeness (QED) is 0.0276. The minimum absolute atomic E-state index is 0.286. The van der Waals surface area contributed by atoms with Crippen molar-refractivity contribution in [3.8, 4) is 0 Å². The Morgan fingerprint density at radius 1 is 0.491 bits per heavy atom. The third-order valence-electron chi connectivity index (χ3n) is 11.3. The Balaban J connectivity index is 3.91. The van der Waals surface area contributed by atoms with Gasteiger partial charge < -0.3 is 15.5 Å². The zero-order valence-electron chi connectivity index (χ0n) is 36.4. The molecule has 0 fully saturated rings. The minimum atomic E-state index is -4.44. The lowest BCUT2D eigenvalue weighted by molar-refractivity contribution is -0.130. The molecular formula is C47H93NO6S. The molecule has 8 heteroatoms. The molecule has 0 heterocycles. The van der Waals surface area contributed by atoms with E-state index in [0.717, 1.165) is 38.5 Å². The monoisotopic (exact) mass is 800 g/mol. The molecule has 0 saturated heterocycles. The number of amides is 1. The smallest absolute Gasteiger partial charge is 0.267 e. The van der Waals surface area contributed by atoms with Crippen molar-refractivity contribution in [3.05, 3.63) is 12.2 Å². The molecule has 0 bridgehead atoms. The van der Waals surface area contributed by atoms with Crippen LogP contribution in [0.15, 0.2) is 12.2 Å².